The molecule has 0 radical (unpaired) electrons. The predicted octanol–water partition coefficient (Wildman–Crippen LogP) is 2.39. The zero-order valence-electron chi connectivity index (χ0n) is 12.1. The number of halogens is 2. The van der Waals surface area contributed by atoms with Gasteiger partial charge in [-0.15, -0.1) is 24.8 Å². The minimum atomic E-state index is 0. The Morgan fingerprint density at radius 1 is 1.05 bits per heavy atom. The summed E-state index contributed by atoms with van der Waals surface area (Å²) in [4.78, 5) is 0. The van der Waals surface area contributed by atoms with E-state index in [1.54, 1.807) is 0 Å². The van der Waals surface area contributed by atoms with E-state index in [0.29, 0.717) is 13.2 Å². The zero-order valence-corrected chi connectivity index (χ0v) is 13.7. The van der Waals surface area contributed by atoms with Crippen LogP contribution in [-0.2, 0) is 6.54 Å². The van der Waals surface area contributed by atoms with E-state index in [-0.39, 0.29) is 24.8 Å². The monoisotopic (exact) mass is 334 g/mol. The Morgan fingerprint density at radius 2 is 1.76 bits per heavy atom. The number of benzene rings is 1. The Morgan fingerprint density at radius 3 is 2.52 bits per heavy atom. The number of piperidine rings is 1. The van der Waals surface area contributed by atoms with E-state index >= 15 is 0 Å². The molecule has 2 aliphatic heterocycles. The summed E-state index contributed by atoms with van der Waals surface area (Å²) in [5.41, 5.74) is 1.26. The van der Waals surface area contributed by atoms with Gasteiger partial charge in [0.05, 0.1) is 0 Å². The van der Waals surface area contributed by atoms with Gasteiger partial charge in [-0.25, -0.2) is 0 Å². The van der Waals surface area contributed by atoms with Gasteiger partial charge in [-0.05, 0) is 56.1 Å². The van der Waals surface area contributed by atoms with Crippen LogP contribution in [0.5, 0.6) is 11.5 Å². The van der Waals surface area contributed by atoms with Crippen molar-refractivity contribution < 1.29 is 9.47 Å². The molecule has 0 bridgehead atoms. The summed E-state index contributed by atoms with van der Waals surface area (Å²) in [6.07, 6.45) is 2.57. The predicted molar refractivity (Wildman–Crippen MR) is 89.2 cm³/mol. The van der Waals surface area contributed by atoms with Crippen molar-refractivity contribution in [3.8, 4) is 11.5 Å². The lowest BCUT2D eigenvalue weighted by atomic mass is 9.98. The molecular weight excluding hydrogens is 311 g/mol. The molecule has 1 aromatic carbocycles. The summed E-state index contributed by atoms with van der Waals surface area (Å²) in [6, 6.07) is 6.21. The molecule has 2 N–H and O–H groups in total. The minimum Gasteiger partial charge on any atom is -0.486 e. The lowest BCUT2D eigenvalue weighted by Crippen LogP contribution is -2.33. The van der Waals surface area contributed by atoms with Gasteiger partial charge >= 0.3 is 0 Å². The first-order chi connectivity index (χ1) is 9.42. The molecule has 1 fully saturated rings. The third-order valence-electron chi connectivity index (χ3n) is 3.83. The minimum absolute atomic E-state index is 0. The summed E-state index contributed by atoms with van der Waals surface area (Å²) in [5.74, 6) is 2.57. The molecule has 0 amide bonds. The molecular formula is C15H24Cl2N2O2. The Labute approximate surface area is 138 Å². The highest BCUT2D eigenvalue weighted by Crippen LogP contribution is 2.30. The number of hydrogen-bond donors (Lipinski definition) is 2. The van der Waals surface area contributed by atoms with Crippen LogP contribution in [0.1, 0.15) is 18.4 Å². The van der Waals surface area contributed by atoms with E-state index in [9.17, 15) is 0 Å². The van der Waals surface area contributed by atoms with Crippen LogP contribution in [0, 0.1) is 5.92 Å². The maximum Gasteiger partial charge on any atom is 0.161 e. The fourth-order valence-electron chi connectivity index (χ4n) is 2.70. The molecule has 6 heteroatoms. The number of ether oxygens (including phenoxy) is 2. The van der Waals surface area contributed by atoms with E-state index in [1.807, 2.05) is 6.07 Å². The second kappa shape index (κ2) is 9.36. The van der Waals surface area contributed by atoms with E-state index in [0.717, 1.165) is 43.6 Å². The van der Waals surface area contributed by atoms with Crippen molar-refractivity contribution in [2.24, 2.45) is 5.92 Å². The van der Waals surface area contributed by atoms with Crippen LogP contribution in [0.3, 0.4) is 0 Å². The molecule has 1 aromatic rings. The normalized spacial score (nSPS) is 17.5. The van der Waals surface area contributed by atoms with E-state index < -0.39 is 0 Å². The van der Waals surface area contributed by atoms with E-state index in [1.165, 1.54) is 18.4 Å². The van der Waals surface area contributed by atoms with Gasteiger partial charge in [0.15, 0.2) is 11.5 Å². The summed E-state index contributed by atoms with van der Waals surface area (Å²) in [6.45, 7) is 5.64. The molecule has 0 aromatic heterocycles. The molecule has 2 aliphatic rings. The van der Waals surface area contributed by atoms with Gasteiger partial charge < -0.3 is 20.1 Å². The first kappa shape index (κ1) is 18.4. The molecule has 3 rings (SSSR count). The van der Waals surface area contributed by atoms with E-state index in [2.05, 4.69) is 22.8 Å². The smallest absolute Gasteiger partial charge is 0.161 e. The Kier molecular flexibility index (Phi) is 8.19. The Balaban J connectivity index is 0.00000110. The van der Waals surface area contributed by atoms with Gasteiger partial charge in [-0.1, -0.05) is 6.07 Å². The second-order valence-corrected chi connectivity index (χ2v) is 5.30. The van der Waals surface area contributed by atoms with Gasteiger partial charge in [0, 0.05) is 6.54 Å². The average Bonchev–Trinajstić information content (AvgIpc) is 2.48. The topological polar surface area (TPSA) is 42.5 Å². The largest absolute Gasteiger partial charge is 0.486 e. The summed E-state index contributed by atoms with van der Waals surface area (Å²) >= 11 is 0. The van der Waals surface area contributed by atoms with Crippen molar-refractivity contribution in [2.45, 2.75) is 19.4 Å². The molecule has 2 heterocycles. The highest BCUT2D eigenvalue weighted by Gasteiger charge is 2.13. The molecule has 0 spiro atoms. The van der Waals surface area contributed by atoms with Crippen LogP contribution in [-0.4, -0.2) is 32.8 Å². The van der Waals surface area contributed by atoms with Crippen molar-refractivity contribution >= 4 is 24.8 Å². The highest BCUT2D eigenvalue weighted by atomic mass is 35.5. The van der Waals surface area contributed by atoms with Crippen LogP contribution in [0.2, 0.25) is 0 Å². The molecule has 0 aliphatic carbocycles. The third-order valence-corrected chi connectivity index (χ3v) is 3.83. The fourth-order valence-corrected chi connectivity index (χ4v) is 2.70. The van der Waals surface area contributed by atoms with Gasteiger partial charge in [-0.3, -0.25) is 0 Å². The number of fused-ring (bicyclic) bond motifs is 1. The molecule has 1 saturated heterocycles. The molecule has 4 nitrogen and oxygen atoms in total. The Bertz CT molecular complexity index is 426. The van der Waals surface area contributed by atoms with Crippen molar-refractivity contribution in [3.63, 3.8) is 0 Å². The standard InChI is InChI=1S/C15H22N2O2.2ClH/c1-2-14-15(19-8-7-18-14)9-13(1)11-17-10-12-3-5-16-6-4-12;;/h1-2,9,12,16-17H,3-8,10-11H2;2*1H. The lowest BCUT2D eigenvalue weighted by Gasteiger charge is -2.23. The van der Waals surface area contributed by atoms with Gasteiger partial charge in [0.2, 0.25) is 0 Å². The zero-order chi connectivity index (χ0) is 12.9. The first-order valence-corrected chi connectivity index (χ1v) is 7.22. The number of hydrogen-bond acceptors (Lipinski definition) is 4. The molecule has 0 atom stereocenters. The molecule has 0 unspecified atom stereocenters. The first-order valence-electron chi connectivity index (χ1n) is 7.22. The molecule has 21 heavy (non-hydrogen) atoms. The van der Waals surface area contributed by atoms with Gasteiger partial charge in [-0.2, -0.15) is 0 Å². The number of rotatable bonds is 4. The highest BCUT2D eigenvalue weighted by molar-refractivity contribution is 5.85. The lowest BCUT2D eigenvalue weighted by molar-refractivity contribution is 0.171. The molecule has 0 saturated carbocycles. The van der Waals surface area contributed by atoms with Crippen molar-refractivity contribution in [3.05, 3.63) is 23.8 Å². The van der Waals surface area contributed by atoms with Gasteiger partial charge in [0.1, 0.15) is 13.2 Å². The third kappa shape index (κ3) is 5.22. The quantitative estimate of drug-likeness (QED) is 0.887. The maximum atomic E-state index is 5.60. The maximum absolute atomic E-state index is 5.60. The van der Waals surface area contributed by atoms with Crippen molar-refractivity contribution in [1.29, 1.82) is 0 Å². The van der Waals surface area contributed by atoms with Gasteiger partial charge in [0.25, 0.3) is 0 Å². The summed E-state index contributed by atoms with van der Waals surface area (Å²) < 4.78 is 11.1. The fraction of sp³-hybridized carbons (Fsp3) is 0.600. The van der Waals surface area contributed by atoms with Crippen molar-refractivity contribution in [2.75, 3.05) is 32.8 Å². The van der Waals surface area contributed by atoms with Crippen LogP contribution in [0.25, 0.3) is 0 Å². The second-order valence-electron chi connectivity index (χ2n) is 5.30. The van der Waals surface area contributed by atoms with Crippen LogP contribution in [0.4, 0.5) is 0 Å². The average molecular weight is 335 g/mol. The summed E-state index contributed by atoms with van der Waals surface area (Å²) in [7, 11) is 0. The Hall–Kier alpha value is -0.680. The molecule has 120 valence electrons. The van der Waals surface area contributed by atoms with E-state index in [4.69, 9.17) is 9.47 Å². The van der Waals surface area contributed by atoms with Crippen LogP contribution < -0.4 is 20.1 Å². The SMILES string of the molecule is Cl.Cl.c1cc2c(cc1CNCC1CCNCC1)OCCO2. The van der Waals surface area contributed by atoms with Crippen LogP contribution in [0.15, 0.2) is 18.2 Å². The summed E-state index contributed by atoms with van der Waals surface area (Å²) in [5, 5.41) is 6.95. The van der Waals surface area contributed by atoms with Crippen LogP contribution >= 0.6 is 24.8 Å². The van der Waals surface area contributed by atoms with Crippen molar-refractivity contribution in [1.82, 2.24) is 10.6 Å². The number of nitrogens with one attached hydrogen (secondary N) is 2.